The van der Waals surface area contributed by atoms with Gasteiger partial charge in [0.2, 0.25) is 0 Å². The molecule has 0 amide bonds. The third kappa shape index (κ3) is 7.43. The zero-order chi connectivity index (χ0) is 15.7. The summed E-state index contributed by atoms with van der Waals surface area (Å²) >= 11 is 1.73. The molecule has 1 rings (SSSR count). The lowest BCUT2D eigenvalue weighted by molar-refractivity contribution is 0.108. The van der Waals surface area contributed by atoms with Crippen molar-refractivity contribution in [2.75, 3.05) is 26.8 Å². The van der Waals surface area contributed by atoms with Crippen LogP contribution in [0.3, 0.4) is 0 Å². The highest BCUT2D eigenvalue weighted by molar-refractivity contribution is 7.11. The monoisotopic (exact) mass is 312 g/mol. The molecule has 21 heavy (non-hydrogen) atoms. The van der Waals surface area contributed by atoms with E-state index in [9.17, 15) is 0 Å². The Bertz CT molecular complexity index is 443. The average molecular weight is 312 g/mol. The van der Waals surface area contributed by atoms with E-state index in [0.717, 1.165) is 49.4 Å². The number of ether oxygens (including phenoxy) is 1. The smallest absolute Gasteiger partial charge is 0.191 e. The number of nitrogens with zero attached hydrogens (tertiary/aromatic N) is 2. The van der Waals surface area contributed by atoms with Crippen LogP contribution in [0.5, 0.6) is 0 Å². The van der Waals surface area contributed by atoms with Gasteiger partial charge in [0, 0.05) is 31.7 Å². The second-order valence-electron chi connectivity index (χ2n) is 5.42. The molecule has 0 saturated heterocycles. The van der Waals surface area contributed by atoms with E-state index in [4.69, 9.17) is 4.74 Å². The van der Waals surface area contributed by atoms with Crippen molar-refractivity contribution in [1.82, 2.24) is 15.6 Å². The maximum atomic E-state index is 5.55. The first-order valence-electron chi connectivity index (χ1n) is 7.48. The first-order valence-corrected chi connectivity index (χ1v) is 8.29. The average Bonchev–Trinajstić information content (AvgIpc) is 2.75. The fraction of sp³-hybridized carbons (Fsp3) is 0.733. The molecule has 0 unspecified atom stereocenters. The van der Waals surface area contributed by atoms with Gasteiger partial charge in [0.25, 0.3) is 0 Å². The Morgan fingerprint density at radius 2 is 2.10 bits per heavy atom. The number of aliphatic imine (C=N–C) groups is 1. The molecule has 1 aromatic rings. The number of nitrogens with one attached hydrogen (secondary N) is 2. The second-order valence-corrected chi connectivity index (χ2v) is 6.70. The van der Waals surface area contributed by atoms with Crippen LogP contribution >= 0.6 is 11.3 Å². The Labute approximate surface area is 132 Å². The molecule has 1 heterocycles. The third-order valence-corrected chi connectivity index (χ3v) is 3.92. The van der Waals surface area contributed by atoms with E-state index in [1.807, 2.05) is 13.8 Å². The van der Waals surface area contributed by atoms with Crippen molar-refractivity contribution >= 4 is 17.3 Å². The topological polar surface area (TPSA) is 58.5 Å². The van der Waals surface area contributed by atoms with Crippen LogP contribution in [-0.2, 0) is 11.3 Å². The molecule has 1 aromatic heterocycles. The third-order valence-electron chi connectivity index (χ3n) is 2.85. The lowest BCUT2D eigenvalue weighted by Crippen LogP contribution is -2.37. The van der Waals surface area contributed by atoms with Gasteiger partial charge in [-0.3, -0.25) is 4.99 Å². The van der Waals surface area contributed by atoms with Crippen molar-refractivity contribution in [2.45, 2.75) is 40.7 Å². The summed E-state index contributed by atoms with van der Waals surface area (Å²) < 4.78 is 5.55. The van der Waals surface area contributed by atoms with Crippen molar-refractivity contribution in [3.8, 4) is 0 Å². The fourth-order valence-electron chi connectivity index (χ4n) is 1.82. The van der Waals surface area contributed by atoms with E-state index < -0.39 is 0 Å². The van der Waals surface area contributed by atoms with Crippen molar-refractivity contribution < 1.29 is 4.74 Å². The van der Waals surface area contributed by atoms with Gasteiger partial charge in [0.1, 0.15) is 0 Å². The van der Waals surface area contributed by atoms with Crippen LogP contribution in [-0.4, -0.2) is 37.7 Å². The summed E-state index contributed by atoms with van der Waals surface area (Å²) in [5, 5.41) is 7.72. The standard InChI is InChI=1S/C15H28N4OS/c1-11(2)10-20-8-6-7-17-15(16-5)18-9-14-12(3)19-13(4)21-14/h11H,6-10H2,1-5H3,(H2,16,17,18). The number of thiazole rings is 1. The van der Waals surface area contributed by atoms with E-state index >= 15 is 0 Å². The Hall–Kier alpha value is -1.14. The van der Waals surface area contributed by atoms with E-state index in [0.29, 0.717) is 5.92 Å². The SMILES string of the molecule is CN=C(NCCCOCC(C)C)NCc1sc(C)nc1C. The van der Waals surface area contributed by atoms with E-state index in [1.54, 1.807) is 18.4 Å². The molecule has 0 bridgehead atoms. The van der Waals surface area contributed by atoms with Crippen molar-refractivity contribution in [3.63, 3.8) is 0 Å². The predicted octanol–water partition coefficient (Wildman–Crippen LogP) is 2.49. The highest BCUT2D eigenvalue weighted by Gasteiger charge is 2.05. The van der Waals surface area contributed by atoms with Crippen LogP contribution in [0.25, 0.3) is 0 Å². The molecule has 0 aromatic carbocycles. The molecule has 0 atom stereocenters. The fourth-order valence-corrected chi connectivity index (χ4v) is 2.70. The molecule has 2 N–H and O–H groups in total. The summed E-state index contributed by atoms with van der Waals surface area (Å²) in [6.45, 7) is 11.6. The van der Waals surface area contributed by atoms with Gasteiger partial charge in [-0.05, 0) is 26.2 Å². The Morgan fingerprint density at radius 3 is 2.67 bits per heavy atom. The number of rotatable bonds is 8. The van der Waals surface area contributed by atoms with Crippen LogP contribution in [0.4, 0.5) is 0 Å². The van der Waals surface area contributed by atoms with Gasteiger partial charge in [-0.15, -0.1) is 11.3 Å². The summed E-state index contributed by atoms with van der Waals surface area (Å²) in [5.41, 5.74) is 1.10. The van der Waals surface area contributed by atoms with Gasteiger partial charge in [-0.25, -0.2) is 4.98 Å². The maximum absolute atomic E-state index is 5.55. The highest BCUT2D eigenvalue weighted by atomic mass is 32.1. The summed E-state index contributed by atoms with van der Waals surface area (Å²) in [5.74, 6) is 1.42. The van der Waals surface area contributed by atoms with Gasteiger partial charge in [-0.1, -0.05) is 13.8 Å². The normalized spacial score (nSPS) is 12.0. The lowest BCUT2D eigenvalue weighted by atomic mass is 10.2. The Kier molecular flexibility index (Phi) is 8.30. The van der Waals surface area contributed by atoms with Gasteiger partial charge >= 0.3 is 0 Å². The minimum Gasteiger partial charge on any atom is -0.381 e. The lowest BCUT2D eigenvalue weighted by Gasteiger charge is -2.12. The molecule has 120 valence electrons. The zero-order valence-corrected chi connectivity index (χ0v) is 14.6. The first-order chi connectivity index (χ1) is 10.0. The Balaban J connectivity index is 2.19. The number of aryl methyl sites for hydroxylation is 2. The molecule has 0 radical (unpaired) electrons. The van der Waals surface area contributed by atoms with Crippen molar-refractivity contribution in [3.05, 3.63) is 15.6 Å². The van der Waals surface area contributed by atoms with Crippen molar-refractivity contribution in [2.24, 2.45) is 10.9 Å². The molecule has 6 heteroatoms. The minimum atomic E-state index is 0.596. The number of hydrogen-bond acceptors (Lipinski definition) is 4. The first kappa shape index (κ1) is 17.9. The second kappa shape index (κ2) is 9.73. The van der Waals surface area contributed by atoms with Gasteiger partial charge in [0.15, 0.2) is 5.96 Å². The molecule has 5 nitrogen and oxygen atoms in total. The summed E-state index contributed by atoms with van der Waals surface area (Å²) in [6, 6.07) is 0. The summed E-state index contributed by atoms with van der Waals surface area (Å²) in [4.78, 5) is 9.91. The van der Waals surface area contributed by atoms with Crippen LogP contribution < -0.4 is 10.6 Å². The molecular weight excluding hydrogens is 284 g/mol. The number of hydrogen-bond donors (Lipinski definition) is 2. The quantitative estimate of drug-likeness (QED) is 0.440. The summed E-state index contributed by atoms with van der Waals surface area (Å²) in [6.07, 6.45) is 0.978. The zero-order valence-electron chi connectivity index (χ0n) is 13.8. The van der Waals surface area contributed by atoms with Crippen LogP contribution in [0.1, 0.15) is 35.8 Å². The van der Waals surface area contributed by atoms with Gasteiger partial charge in [-0.2, -0.15) is 0 Å². The van der Waals surface area contributed by atoms with E-state index in [1.165, 1.54) is 4.88 Å². The molecule has 0 aliphatic heterocycles. The molecule has 0 spiro atoms. The largest absolute Gasteiger partial charge is 0.381 e. The van der Waals surface area contributed by atoms with E-state index in [-0.39, 0.29) is 0 Å². The van der Waals surface area contributed by atoms with Crippen LogP contribution in [0.2, 0.25) is 0 Å². The van der Waals surface area contributed by atoms with Gasteiger partial charge < -0.3 is 15.4 Å². The van der Waals surface area contributed by atoms with Gasteiger partial charge in [0.05, 0.1) is 17.2 Å². The molecule has 0 aliphatic rings. The molecule has 0 fully saturated rings. The van der Waals surface area contributed by atoms with Crippen LogP contribution in [0.15, 0.2) is 4.99 Å². The van der Waals surface area contributed by atoms with Crippen molar-refractivity contribution in [1.29, 1.82) is 0 Å². The van der Waals surface area contributed by atoms with Crippen LogP contribution in [0, 0.1) is 19.8 Å². The van der Waals surface area contributed by atoms with E-state index in [2.05, 4.69) is 34.5 Å². The molecule has 0 aliphatic carbocycles. The highest BCUT2D eigenvalue weighted by Crippen LogP contribution is 2.16. The summed E-state index contributed by atoms with van der Waals surface area (Å²) in [7, 11) is 1.79. The number of guanidine groups is 1. The molecular formula is C15H28N4OS. The predicted molar refractivity (Wildman–Crippen MR) is 90.1 cm³/mol. The number of aromatic nitrogens is 1. The Morgan fingerprint density at radius 1 is 1.33 bits per heavy atom. The maximum Gasteiger partial charge on any atom is 0.191 e. The molecule has 0 saturated carbocycles. The minimum absolute atomic E-state index is 0.596.